The van der Waals surface area contributed by atoms with Crippen LogP contribution in [0.3, 0.4) is 0 Å². The van der Waals surface area contributed by atoms with Crippen molar-refractivity contribution in [3.8, 4) is 0 Å². The van der Waals surface area contributed by atoms with Gasteiger partial charge in [-0.05, 0) is 54.7 Å². The van der Waals surface area contributed by atoms with Gasteiger partial charge in [-0.3, -0.25) is 0 Å². The number of rotatable bonds is 3. The van der Waals surface area contributed by atoms with Crippen LogP contribution in [0.25, 0.3) is 0 Å². The smallest absolute Gasteiger partial charge is 0.235 e. The standard InChI is InChI=1S/C12H12Cl2N4/c1-3-18(9-6-4-5-8(2)7-9)12-16-10(13)15-11(14)17-12/h4-7H,3H2,1-2H3. The van der Waals surface area contributed by atoms with Gasteiger partial charge in [0.1, 0.15) is 0 Å². The van der Waals surface area contributed by atoms with Gasteiger partial charge in [0.15, 0.2) is 0 Å². The van der Waals surface area contributed by atoms with Crippen LogP contribution in [0.1, 0.15) is 12.5 Å². The molecule has 18 heavy (non-hydrogen) atoms. The summed E-state index contributed by atoms with van der Waals surface area (Å²) in [6.07, 6.45) is 0. The van der Waals surface area contributed by atoms with E-state index in [0.29, 0.717) is 12.5 Å². The van der Waals surface area contributed by atoms with Crippen molar-refractivity contribution in [2.24, 2.45) is 0 Å². The Kier molecular flexibility index (Phi) is 3.99. The average molecular weight is 283 g/mol. The Bertz CT molecular complexity index is 539. The molecule has 0 N–H and O–H groups in total. The molecule has 2 rings (SSSR count). The maximum Gasteiger partial charge on any atom is 0.235 e. The summed E-state index contributed by atoms with van der Waals surface area (Å²) in [6.45, 7) is 4.75. The third-order valence-electron chi connectivity index (χ3n) is 2.44. The van der Waals surface area contributed by atoms with E-state index in [1.54, 1.807) is 0 Å². The van der Waals surface area contributed by atoms with Crippen LogP contribution in [-0.2, 0) is 0 Å². The predicted octanol–water partition coefficient (Wildman–Crippen LogP) is 3.64. The topological polar surface area (TPSA) is 41.9 Å². The molecular weight excluding hydrogens is 271 g/mol. The Morgan fingerprint density at radius 1 is 1.11 bits per heavy atom. The van der Waals surface area contributed by atoms with Crippen molar-refractivity contribution in [3.05, 3.63) is 40.4 Å². The van der Waals surface area contributed by atoms with Gasteiger partial charge >= 0.3 is 0 Å². The molecule has 6 heteroatoms. The van der Waals surface area contributed by atoms with E-state index >= 15 is 0 Å². The third-order valence-corrected chi connectivity index (χ3v) is 2.78. The van der Waals surface area contributed by atoms with Crippen molar-refractivity contribution < 1.29 is 0 Å². The van der Waals surface area contributed by atoms with Gasteiger partial charge in [-0.2, -0.15) is 15.0 Å². The molecule has 0 bridgehead atoms. The number of aryl methyl sites for hydroxylation is 1. The van der Waals surface area contributed by atoms with Crippen molar-refractivity contribution in [2.45, 2.75) is 13.8 Å². The lowest BCUT2D eigenvalue weighted by atomic mass is 10.2. The van der Waals surface area contributed by atoms with Crippen LogP contribution in [-0.4, -0.2) is 21.5 Å². The lowest BCUT2D eigenvalue weighted by Crippen LogP contribution is -2.19. The highest BCUT2D eigenvalue weighted by Crippen LogP contribution is 2.24. The number of hydrogen-bond donors (Lipinski definition) is 0. The highest BCUT2D eigenvalue weighted by molar-refractivity contribution is 6.31. The molecule has 0 fully saturated rings. The minimum absolute atomic E-state index is 0.0936. The van der Waals surface area contributed by atoms with E-state index in [2.05, 4.69) is 21.0 Å². The number of nitrogens with zero attached hydrogens (tertiary/aromatic N) is 4. The minimum Gasteiger partial charge on any atom is -0.311 e. The molecule has 0 atom stereocenters. The van der Waals surface area contributed by atoms with E-state index in [9.17, 15) is 0 Å². The first-order chi connectivity index (χ1) is 8.60. The van der Waals surface area contributed by atoms with E-state index in [1.165, 1.54) is 0 Å². The van der Waals surface area contributed by atoms with Crippen molar-refractivity contribution >= 4 is 34.8 Å². The van der Waals surface area contributed by atoms with Gasteiger partial charge < -0.3 is 4.90 Å². The molecule has 0 aliphatic rings. The SMILES string of the molecule is CCN(c1cccc(C)c1)c1nc(Cl)nc(Cl)n1. The number of anilines is 2. The Balaban J connectivity index is 2.45. The first-order valence-corrected chi connectivity index (χ1v) is 6.27. The van der Waals surface area contributed by atoms with E-state index in [4.69, 9.17) is 23.2 Å². The lowest BCUT2D eigenvalue weighted by Gasteiger charge is -2.21. The summed E-state index contributed by atoms with van der Waals surface area (Å²) in [7, 11) is 0. The van der Waals surface area contributed by atoms with Crippen LogP contribution >= 0.6 is 23.2 Å². The summed E-state index contributed by atoms with van der Waals surface area (Å²) < 4.78 is 0. The molecule has 0 saturated carbocycles. The summed E-state index contributed by atoms with van der Waals surface area (Å²) in [5, 5.41) is 0.187. The predicted molar refractivity (Wildman–Crippen MR) is 73.7 cm³/mol. The quantitative estimate of drug-likeness (QED) is 0.862. The highest BCUT2D eigenvalue weighted by atomic mass is 35.5. The monoisotopic (exact) mass is 282 g/mol. The number of halogens is 2. The number of benzene rings is 1. The number of hydrogen-bond acceptors (Lipinski definition) is 4. The zero-order valence-electron chi connectivity index (χ0n) is 10.1. The van der Waals surface area contributed by atoms with Crippen molar-refractivity contribution in [1.82, 2.24) is 15.0 Å². The molecule has 4 nitrogen and oxygen atoms in total. The fourth-order valence-electron chi connectivity index (χ4n) is 1.67. The molecule has 0 unspecified atom stereocenters. The Labute approximate surface area is 116 Å². The fourth-order valence-corrected chi connectivity index (χ4v) is 2.03. The molecule has 0 spiro atoms. The van der Waals surface area contributed by atoms with Crippen molar-refractivity contribution in [1.29, 1.82) is 0 Å². The van der Waals surface area contributed by atoms with Crippen LogP contribution in [0.4, 0.5) is 11.6 Å². The summed E-state index contributed by atoms with van der Waals surface area (Å²) >= 11 is 11.6. The summed E-state index contributed by atoms with van der Waals surface area (Å²) in [5.41, 5.74) is 2.16. The Morgan fingerprint density at radius 2 is 1.78 bits per heavy atom. The molecule has 1 aromatic heterocycles. The Morgan fingerprint density at radius 3 is 2.33 bits per heavy atom. The van der Waals surface area contributed by atoms with Gasteiger partial charge in [-0.15, -0.1) is 0 Å². The van der Waals surface area contributed by atoms with Gasteiger partial charge in [0.05, 0.1) is 0 Å². The zero-order chi connectivity index (χ0) is 13.1. The molecule has 0 saturated heterocycles. The van der Waals surface area contributed by atoms with Crippen LogP contribution in [0.15, 0.2) is 24.3 Å². The highest BCUT2D eigenvalue weighted by Gasteiger charge is 2.12. The first-order valence-electron chi connectivity index (χ1n) is 5.51. The van der Waals surface area contributed by atoms with Gasteiger partial charge in [0.2, 0.25) is 16.5 Å². The van der Waals surface area contributed by atoms with Crippen molar-refractivity contribution in [3.63, 3.8) is 0 Å². The zero-order valence-corrected chi connectivity index (χ0v) is 11.6. The molecule has 94 valence electrons. The molecular formula is C12H12Cl2N4. The third kappa shape index (κ3) is 2.89. The normalized spacial score (nSPS) is 10.4. The van der Waals surface area contributed by atoms with Gasteiger partial charge in [-0.25, -0.2) is 0 Å². The van der Waals surface area contributed by atoms with Crippen molar-refractivity contribution in [2.75, 3.05) is 11.4 Å². The summed E-state index contributed by atoms with van der Waals surface area (Å²) in [5.74, 6) is 0.452. The summed E-state index contributed by atoms with van der Waals surface area (Å²) in [4.78, 5) is 13.9. The van der Waals surface area contributed by atoms with Gasteiger partial charge in [0, 0.05) is 12.2 Å². The minimum atomic E-state index is 0.0936. The maximum absolute atomic E-state index is 5.80. The maximum atomic E-state index is 5.80. The average Bonchev–Trinajstić information content (AvgIpc) is 2.28. The van der Waals surface area contributed by atoms with E-state index in [1.807, 2.05) is 36.9 Å². The van der Waals surface area contributed by atoms with Crippen LogP contribution in [0.5, 0.6) is 0 Å². The van der Waals surface area contributed by atoms with E-state index in [-0.39, 0.29) is 10.6 Å². The molecule has 0 radical (unpaired) electrons. The summed E-state index contributed by atoms with van der Waals surface area (Å²) in [6, 6.07) is 8.06. The van der Waals surface area contributed by atoms with Gasteiger partial charge in [0.25, 0.3) is 0 Å². The fraction of sp³-hybridized carbons (Fsp3) is 0.250. The second-order valence-corrected chi connectivity index (χ2v) is 4.43. The molecule has 0 amide bonds. The molecule has 0 aliphatic heterocycles. The van der Waals surface area contributed by atoms with Crippen LogP contribution in [0, 0.1) is 6.92 Å². The Hall–Kier alpha value is -1.39. The largest absolute Gasteiger partial charge is 0.311 e. The van der Waals surface area contributed by atoms with E-state index < -0.39 is 0 Å². The van der Waals surface area contributed by atoms with Gasteiger partial charge in [-0.1, -0.05) is 12.1 Å². The lowest BCUT2D eigenvalue weighted by molar-refractivity contribution is 0.920. The molecule has 2 aromatic rings. The second kappa shape index (κ2) is 5.50. The van der Waals surface area contributed by atoms with Crippen LogP contribution < -0.4 is 4.90 Å². The second-order valence-electron chi connectivity index (χ2n) is 3.76. The molecule has 1 heterocycles. The van der Waals surface area contributed by atoms with Crippen LogP contribution in [0.2, 0.25) is 10.6 Å². The molecule has 1 aromatic carbocycles. The first kappa shape index (κ1) is 13.1. The van der Waals surface area contributed by atoms with E-state index in [0.717, 1.165) is 11.3 Å². The molecule has 0 aliphatic carbocycles. The number of aromatic nitrogens is 3.